The van der Waals surface area contributed by atoms with Gasteiger partial charge in [-0.1, -0.05) is 23.4 Å². The number of aromatic nitrogens is 3. The molecule has 0 spiro atoms. The van der Waals surface area contributed by atoms with Gasteiger partial charge in [0.15, 0.2) is 12.5 Å². The fourth-order valence-electron chi connectivity index (χ4n) is 2.09. The van der Waals surface area contributed by atoms with E-state index in [2.05, 4.69) is 10.3 Å². The summed E-state index contributed by atoms with van der Waals surface area (Å²) >= 11 is 1.33. The smallest absolute Gasteiger partial charge is 0.308 e. The molecule has 24 heavy (non-hydrogen) atoms. The molecule has 2 aromatic heterocycles. The van der Waals surface area contributed by atoms with Crippen LogP contribution in [0.25, 0.3) is 10.9 Å². The van der Waals surface area contributed by atoms with E-state index >= 15 is 0 Å². The third-order valence-electron chi connectivity index (χ3n) is 3.33. The van der Waals surface area contributed by atoms with Gasteiger partial charge in [-0.05, 0) is 23.6 Å². The largest absolute Gasteiger partial charge is 0.442 e. The van der Waals surface area contributed by atoms with Crippen molar-refractivity contribution in [1.82, 2.24) is 15.0 Å². The number of ketones is 1. The summed E-state index contributed by atoms with van der Waals surface area (Å²) < 4.78 is 5.97. The second kappa shape index (κ2) is 7.14. The number of hydrogen-bond donors (Lipinski definition) is 0. The first-order chi connectivity index (χ1) is 11.6. The number of hydrogen-bond acceptors (Lipinski definition) is 7. The van der Waals surface area contributed by atoms with Crippen molar-refractivity contribution in [3.8, 4) is 0 Å². The summed E-state index contributed by atoms with van der Waals surface area (Å²) in [6, 6.07) is 10.3. The molecule has 8 heteroatoms. The standard InChI is InChI=1S/C16H13N3O4S/c20-13(14-6-3-9-24-14)7-8-15(21)23-10-19-16(22)11-4-1-2-5-12(11)17-18-19/h1-6,9H,7-8,10H2. The Balaban J connectivity index is 1.57. The third kappa shape index (κ3) is 3.54. The lowest BCUT2D eigenvalue weighted by atomic mass is 10.2. The van der Waals surface area contributed by atoms with E-state index in [-0.39, 0.29) is 30.9 Å². The van der Waals surface area contributed by atoms with Crippen LogP contribution in [0.5, 0.6) is 0 Å². The Morgan fingerprint density at radius 2 is 1.96 bits per heavy atom. The van der Waals surface area contributed by atoms with E-state index in [1.165, 1.54) is 11.3 Å². The average molecular weight is 343 g/mol. The van der Waals surface area contributed by atoms with E-state index in [1.807, 2.05) is 0 Å². The number of nitrogens with zero attached hydrogens (tertiary/aromatic N) is 3. The monoisotopic (exact) mass is 343 g/mol. The molecule has 7 nitrogen and oxygen atoms in total. The highest BCUT2D eigenvalue weighted by molar-refractivity contribution is 7.12. The molecule has 0 fully saturated rings. The molecule has 122 valence electrons. The maximum atomic E-state index is 12.2. The summed E-state index contributed by atoms with van der Waals surface area (Å²) in [4.78, 5) is 36.3. The summed E-state index contributed by atoms with van der Waals surface area (Å²) in [5, 5.41) is 9.82. The maximum absolute atomic E-state index is 12.2. The summed E-state index contributed by atoms with van der Waals surface area (Å²) in [7, 11) is 0. The summed E-state index contributed by atoms with van der Waals surface area (Å²) in [5.74, 6) is -0.675. The molecular formula is C16H13N3O4S. The Morgan fingerprint density at radius 3 is 2.75 bits per heavy atom. The Kier molecular flexibility index (Phi) is 4.76. The number of thiophene rings is 1. The first-order valence-electron chi connectivity index (χ1n) is 7.20. The minimum Gasteiger partial charge on any atom is -0.442 e. The molecule has 1 aromatic carbocycles. The molecule has 0 aliphatic heterocycles. The molecule has 0 radical (unpaired) electrons. The molecule has 0 unspecified atom stereocenters. The molecule has 0 atom stereocenters. The predicted molar refractivity (Wildman–Crippen MR) is 87.8 cm³/mol. The SMILES string of the molecule is O=C(CCC(=O)c1cccs1)OCn1nnc2ccccc2c1=O. The van der Waals surface area contributed by atoms with E-state index in [4.69, 9.17) is 4.74 Å². The van der Waals surface area contributed by atoms with Gasteiger partial charge in [-0.15, -0.1) is 16.4 Å². The van der Waals surface area contributed by atoms with Crippen LogP contribution in [-0.2, 0) is 16.3 Å². The lowest BCUT2D eigenvalue weighted by Gasteiger charge is -2.06. The summed E-state index contributed by atoms with van der Waals surface area (Å²) in [5.41, 5.74) is 0.0923. The number of rotatable bonds is 6. The van der Waals surface area contributed by atoms with Gasteiger partial charge in [0.1, 0.15) is 5.52 Å². The van der Waals surface area contributed by atoms with Gasteiger partial charge >= 0.3 is 5.97 Å². The molecular weight excluding hydrogens is 330 g/mol. The molecule has 0 saturated heterocycles. The highest BCUT2D eigenvalue weighted by Crippen LogP contribution is 2.12. The molecule has 3 aromatic rings. The van der Waals surface area contributed by atoms with E-state index < -0.39 is 5.97 Å². The minimum atomic E-state index is -0.568. The van der Waals surface area contributed by atoms with Crippen LogP contribution in [0, 0.1) is 0 Å². The van der Waals surface area contributed by atoms with Crippen molar-refractivity contribution < 1.29 is 14.3 Å². The van der Waals surface area contributed by atoms with E-state index in [9.17, 15) is 14.4 Å². The van der Waals surface area contributed by atoms with Crippen LogP contribution in [0.2, 0.25) is 0 Å². The van der Waals surface area contributed by atoms with Crippen molar-refractivity contribution in [2.45, 2.75) is 19.6 Å². The number of Topliss-reactive ketones (excluding diaryl/α,β-unsaturated/α-hetero) is 1. The Morgan fingerprint density at radius 1 is 1.12 bits per heavy atom. The zero-order valence-corrected chi connectivity index (χ0v) is 13.4. The average Bonchev–Trinajstić information content (AvgIpc) is 3.14. The number of esters is 1. The molecule has 3 rings (SSSR count). The Hall–Kier alpha value is -2.87. The van der Waals surface area contributed by atoms with Gasteiger partial charge in [-0.25, -0.2) is 0 Å². The van der Waals surface area contributed by atoms with E-state index in [0.29, 0.717) is 15.8 Å². The normalized spacial score (nSPS) is 10.7. The Bertz CT molecular complexity index is 934. The van der Waals surface area contributed by atoms with Crippen LogP contribution in [0.1, 0.15) is 22.5 Å². The van der Waals surface area contributed by atoms with Crippen LogP contribution >= 0.6 is 11.3 Å². The van der Waals surface area contributed by atoms with Gasteiger partial charge in [0, 0.05) is 6.42 Å². The van der Waals surface area contributed by atoms with Crippen LogP contribution in [0.4, 0.5) is 0 Å². The van der Waals surface area contributed by atoms with Crippen LogP contribution in [0.3, 0.4) is 0 Å². The second-order valence-corrected chi connectivity index (χ2v) is 5.90. The van der Waals surface area contributed by atoms with Gasteiger partial charge in [0.2, 0.25) is 0 Å². The molecule has 0 aliphatic rings. The van der Waals surface area contributed by atoms with Crippen molar-refractivity contribution in [3.05, 3.63) is 57.0 Å². The maximum Gasteiger partial charge on any atom is 0.308 e. The quantitative estimate of drug-likeness (QED) is 0.502. The van der Waals surface area contributed by atoms with Gasteiger partial charge in [-0.3, -0.25) is 14.4 Å². The highest BCUT2D eigenvalue weighted by atomic mass is 32.1. The number of ether oxygens (including phenoxy) is 1. The van der Waals surface area contributed by atoms with Gasteiger partial charge in [0.25, 0.3) is 5.56 Å². The van der Waals surface area contributed by atoms with E-state index in [1.54, 1.807) is 41.8 Å². The van der Waals surface area contributed by atoms with E-state index in [0.717, 1.165) is 4.68 Å². The number of carbonyl (C=O) groups excluding carboxylic acids is 2. The second-order valence-electron chi connectivity index (χ2n) is 4.96. The molecule has 2 heterocycles. The number of carbonyl (C=O) groups is 2. The van der Waals surface area contributed by atoms with Crippen molar-refractivity contribution in [2.24, 2.45) is 0 Å². The number of fused-ring (bicyclic) bond motifs is 1. The molecule has 0 N–H and O–H groups in total. The number of benzene rings is 1. The summed E-state index contributed by atoms with van der Waals surface area (Å²) in [6.07, 6.45) is 0.0180. The van der Waals surface area contributed by atoms with Gasteiger partial charge in [-0.2, -0.15) is 4.68 Å². The first-order valence-corrected chi connectivity index (χ1v) is 8.08. The lowest BCUT2D eigenvalue weighted by Crippen LogP contribution is -2.26. The van der Waals surface area contributed by atoms with Gasteiger partial charge < -0.3 is 4.74 Å². The van der Waals surface area contributed by atoms with Gasteiger partial charge in [0.05, 0.1) is 16.7 Å². The summed E-state index contributed by atoms with van der Waals surface area (Å²) in [6.45, 7) is -0.331. The van der Waals surface area contributed by atoms with Crippen LogP contribution in [0.15, 0.2) is 46.6 Å². The fourth-order valence-corrected chi connectivity index (χ4v) is 2.78. The van der Waals surface area contributed by atoms with Crippen LogP contribution in [-0.4, -0.2) is 26.7 Å². The highest BCUT2D eigenvalue weighted by Gasteiger charge is 2.12. The third-order valence-corrected chi connectivity index (χ3v) is 4.24. The first kappa shape index (κ1) is 16.0. The fraction of sp³-hybridized carbons (Fsp3) is 0.188. The molecule has 0 saturated carbocycles. The van der Waals surface area contributed by atoms with Crippen LogP contribution < -0.4 is 5.56 Å². The molecule has 0 amide bonds. The van der Waals surface area contributed by atoms with Crippen molar-refractivity contribution in [1.29, 1.82) is 0 Å². The van der Waals surface area contributed by atoms with Crippen molar-refractivity contribution in [2.75, 3.05) is 0 Å². The predicted octanol–water partition coefficient (Wildman–Crippen LogP) is 2.02. The molecule has 0 bridgehead atoms. The molecule has 0 aliphatic carbocycles. The lowest BCUT2D eigenvalue weighted by molar-refractivity contribution is -0.148. The van der Waals surface area contributed by atoms with Crippen molar-refractivity contribution >= 4 is 34.0 Å². The zero-order valence-electron chi connectivity index (χ0n) is 12.5. The zero-order chi connectivity index (χ0) is 16.9. The topological polar surface area (TPSA) is 91.2 Å². The minimum absolute atomic E-state index is 0.0491. The Labute approximate surface area is 140 Å². The van der Waals surface area contributed by atoms with Crippen molar-refractivity contribution in [3.63, 3.8) is 0 Å².